The van der Waals surface area contributed by atoms with Crippen LogP contribution in [0.5, 0.6) is 0 Å². The fraction of sp³-hybridized carbons (Fsp3) is 0.533. The van der Waals surface area contributed by atoms with Crippen LogP contribution in [0.3, 0.4) is 0 Å². The molecule has 1 amide bonds. The minimum absolute atomic E-state index is 0.0938. The van der Waals surface area contributed by atoms with E-state index in [4.69, 9.17) is 0 Å². The summed E-state index contributed by atoms with van der Waals surface area (Å²) in [6.07, 6.45) is 0.590. The van der Waals surface area contributed by atoms with Gasteiger partial charge in [-0.1, -0.05) is 26.0 Å². The molecular weight excluding hydrogens is 240 g/mol. The van der Waals surface area contributed by atoms with Crippen molar-refractivity contribution in [2.75, 3.05) is 18.4 Å². The van der Waals surface area contributed by atoms with Gasteiger partial charge < -0.3 is 15.7 Å². The van der Waals surface area contributed by atoms with Crippen molar-refractivity contribution in [3.8, 4) is 0 Å². The third-order valence-electron chi connectivity index (χ3n) is 2.85. The standard InChI is InChI=1S/C15H24N2O2/c1-11(2)8-9-16-10-15(19)13-4-6-14(7-5-13)17-12(3)18/h4-7,11,15-16,19H,8-10H2,1-3H3,(H,17,18). The van der Waals surface area contributed by atoms with Crippen LogP contribution in [-0.2, 0) is 4.79 Å². The van der Waals surface area contributed by atoms with Crippen LogP contribution in [0.4, 0.5) is 5.69 Å². The average molecular weight is 264 g/mol. The molecule has 4 nitrogen and oxygen atoms in total. The molecule has 4 heteroatoms. The SMILES string of the molecule is CC(=O)Nc1ccc(C(O)CNCCC(C)C)cc1. The van der Waals surface area contributed by atoms with E-state index in [1.54, 1.807) is 12.1 Å². The average Bonchev–Trinajstić information content (AvgIpc) is 2.34. The molecule has 1 unspecified atom stereocenters. The second-order valence-electron chi connectivity index (χ2n) is 5.21. The Morgan fingerprint density at radius 1 is 1.26 bits per heavy atom. The largest absolute Gasteiger partial charge is 0.387 e. The lowest BCUT2D eigenvalue weighted by Gasteiger charge is -2.13. The fourth-order valence-electron chi connectivity index (χ4n) is 1.74. The van der Waals surface area contributed by atoms with E-state index in [0.29, 0.717) is 12.5 Å². The number of carbonyl (C=O) groups is 1. The van der Waals surface area contributed by atoms with Crippen molar-refractivity contribution in [2.24, 2.45) is 5.92 Å². The first-order valence-electron chi connectivity index (χ1n) is 6.75. The Bertz CT molecular complexity index is 388. The molecule has 1 aromatic carbocycles. The number of aliphatic hydroxyl groups excluding tert-OH is 1. The summed E-state index contributed by atoms with van der Waals surface area (Å²) in [7, 11) is 0. The van der Waals surface area contributed by atoms with E-state index in [2.05, 4.69) is 24.5 Å². The second kappa shape index (κ2) is 7.92. The van der Waals surface area contributed by atoms with E-state index in [1.807, 2.05) is 12.1 Å². The Hall–Kier alpha value is -1.39. The number of carbonyl (C=O) groups excluding carboxylic acids is 1. The van der Waals surface area contributed by atoms with Crippen LogP contribution in [0.1, 0.15) is 38.9 Å². The number of aliphatic hydroxyl groups is 1. The van der Waals surface area contributed by atoms with Gasteiger partial charge >= 0.3 is 0 Å². The first-order valence-corrected chi connectivity index (χ1v) is 6.75. The summed E-state index contributed by atoms with van der Waals surface area (Å²) in [6, 6.07) is 7.27. The quantitative estimate of drug-likeness (QED) is 0.662. The van der Waals surface area contributed by atoms with E-state index in [0.717, 1.165) is 24.2 Å². The molecule has 0 aromatic heterocycles. The summed E-state index contributed by atoms with van der Waals surface area (Å²) in [6.45, 7) is 7.30. The third kappa shape index (κ3) is 6.36. The predicted octanol–water partition coefficient (Wildman–Crippen LogP) is 2.31. The van der Waals surface area contributed by atoms with E-state index in [1.165, 1.54) is 6.92 Å². The van der Waals surface area contributed by atoms with Crippen LogP contribution in [0.15, 0.2) is 24.3 Å². The highest BCUT2D eigenvalue weighted by Gasteiger charge is 2.07. The molecule has 0 aliphatic carbocycles. The molecule has 106 valence electrons. The van der Waals surface area contributed by atoms with Crippen molar-refractivity contribution < 1.29 is 9.90 Å². The van der Waals surface area contributed by atoms with Crippen molar-refractivity contribution in [1.29, 1.82) is 0 Å². The van der Waals surface area contributed by atoms with Crippen LogP contribution >= 0.6 is 0 Å². The van der Waals surface area contributed by atoms with Gasteiger partial charge in [0.05, 0.1) is 6.10 Å². The van der Waals surface area contributed by atoms with E-state index in [-0.39, 0.29) is 5.91 Å². The highest BCUT2D eigenvalue weighted by atomic mass is 16.3. The molecule has 1 rings (SSSR count). The van der Waals surface area contributed by atoms with E-state index >= 15 is 0 Å². The number of hydrogen-bond donors (Lipinski definition) is 3. The minimum atomic E-state index is -0.515. The molecule has 1 atom stereocenters. The summed E-state index contributed by atoms with van der Waals surface area (Å²) in [5.74, 6) is 0.574. The third-order valence-corrected chi connectivity index (χ3v) is 2.85. The van der Waals surface area contributed by atoms with E-state index in [9.17, 15) is 9.90 Å². The van der Waals surface area contributed by atoms with Crippen molar-refractivity contribution in [1.82, 2.24) is 5.32 Å². The van der Waals surface area contributed by atoms with Gasteiger partial charge in [0.1, 0.15) is 0 Å². The Morgan fingerprint density at radius 2 is 1.89 bits per heavy atom. The van der Waals surface area contributed by atoms with Gasteiger partial charge in [-0.2, -0.15) is 0 Å². The zero-order chi connectivity index (χ0) is 14.3. The summed E-state index contributed by atoms with van der Waals surface area (Å²) in [4.78, 5) is 10.9. The maximum Gasteiger partial charge on any atom is 0.221 e. The molecule has 19 heavy (non-hydrogen) atoms. The van der Waals surface area contributed by atoms with Gasteiger partial charge in [0.25, 0.3) is 0 Å². The summed E-state index contributed by atoms with van der Waals surface area (Å²) in [5.41, 5.74) is 1.60. The highest BCUT2D eigenvalue weighted by molar-refractivity contribution is 5.88. The molecular formula is C15H24N2O2. The van der Waals surface area contributed by atoms with Gasteiger partial charge in [-0.25, -0.2) is 0 Å². The Kier molecular flexibility index (Phi) is 6.53. The van der Waals surface area contributed by atoms with Crippen LogP contribution in [0.25, 0.3) is 0 Å². The number of amides is 1. The maximum absolute atomic E-state index is 10.9. The topological polar surface area (TPSA) is 61.4 Å². The van der Waals surface area contributed by atoms with Gasteiger partial charge in [-0.05, 0) is 36.6 Å². The molecule has 0 heterocycles. The van der Waals surface area contributed by atoms with Crippen LogP contribution in [-0.4, -0.2) is 24.1 Å². The normalized spacial score (nSPS) is 12.5. The highest BCUT2D eigenvalue weighted by Crippen LogP contribution is 2.15. The molecule has 0 radical (unpaired) electrons. The molecule has 1 aromatic rings. The first kappa shape index (κ1) is 15.7. The van der Waals surface area contributed by atoms with Crippen molar-refractivity contribution >= 4 is 11.6 Å². The number of hydrogen-bond acceptors (Lipinski definition) is 3. The Balaban J connectivity index is 2.39. The smallest absolute Gasteiger partial charge is 0.221 e. The maximum atomic E-state index is 10.9. The summed E-state index contributed by atoms with van der Waals surface area (Å²) in [5, 5.41) is 16.0. The molecule has 0 aliphatic rings. The van der Waals surface area contributed by atoms with Crippen molar-refractivity contribution in [3.63, 3.8) is 0 Å². The van der Waals surface area contributed by atoms with Crippen molar-refractivity contribution in [2.45, 2.75) is 33.3 Å². The van der Waals surface area contributed by atoms with Crippen LogP contribution < -0.4 is 10.6 Å². The minimum Gasteiger partial charge on any atom is -0.387 e. The van der Waals surface area contributed by atoms with Gasteiger partial charge in [-0.15, -0.1) is 0 Å². The zero-order valence-corrected chi connectivity index (χ0v) is 11.9. The lowest BCUT2D eigenvalue weighted by Crippen LogP contribution is -2.23. The lowest BCUT2D eigenvalue weighted by molar-refractivity contribution is -0.114. The van der Waals surface area contributed by atoms with Gasteiger partial charge in [0.15, 0.2) is 0 Å². The second-order valence-corrected chi connectivity index (χ2v) is 5.21. The lowest BCUT2D eigenvalue weighted by atomic mass is 10.1. The molecule has 0 saturated carbocycles. The number of rotatable bonds is 7. The zero-order valence-electron chi connectivity index (χ0n) is 11.9. The number of benzene rings is 1. The number of anilines is 1. The Morgan fingerprint density at radius 3 is 2.42 bits per heavy atom. The van der Waals surface area contributed by atoms with Gasteiger partial charge in [-0.3, -0.25) is 4.79 Å². The molecule has 0 spiro atoms. The molecule has 0 saturated heterocycles. The molecule has 0 fully saturated rings. The van der Waals surface area contributed by atoms with Crippen LogP contribution in [0.2, 0.25) is 0 Å². The van der Waals surface area contributed by atoms with E-state index < -0.39 is 6.10 Å². The first-order chi connectivity index (χ1) is 8.99. The van der Waals surface area contributed by atoms with Gasteiger partial charge in [0, 0.05) is 19.2 Å². The monoisotopic (exact) mass is 264 g/mol. The fourth-order valence-corrected chi connectivity index (χ4v) is 1.74. The predicted molar refractivity (Wildman–Crippen MR) is 78.0 cm³/mol. The van der Waals surface area contributed by atoms with Crippen LogP contribution in [0, 0.1) is 5.92 Å². The number of nitrogens with one attached hydrogen (secondary N) is 2. The Labute approximate surface area is 115 Å². The molecule has 0 bridgehead atoms. The van der Waals surface area contributed by atoms with Gasteiger partial charge in [0.2, 0.25) is 5.91 Å². The molecule has 0 aliphatic heterocycles. The summed E-state index contributed by atoms with van der Waals surface area (Å²) >= 11 is 0. The molecule has 3 N–H and O–H groups in total. The summed E-state index contributed by atoms with van der Waals surface area (Å²) < 4.78 is 0. The van der Waals surface area contributed by atoms with Crippen molar-refractivity contribution in [3.05, 3.63) is 29.8 Å².